The molecule has 0 aromatic heterocycles. The van der Waals surface area contributed by atoms with Crippen molar-refractivity contribution in [3.8, 4) is 0 Å². The van der Waals surface area contributed by atoms with Crippen molar-refractivity contribution in [1.29, 1.82) is 0 Å². The van der Waals surface area contributed by atoms with E-state index >= 15 is 0 Å². The molecular weight excluding hydrogens is 354 g/mol. The molecule has 1 heterocycles. The second kappa shape index (κ2) is 13.6. The maximum atomic E-state index is 11.4. The maximum absolute atomic E-state index is 11.4. The monoisotopic (exact) mass is 399 g/mol. The van der Waals surface area contributed by atoms with Gasteiger partial charge in [-0.25, -0.2) is 0 Å². The van der Waals surface area contributed by atoms with Crippen LogP contribution in [0.4, 0.5) is 0 Å². The molecule has 1 N–H and O–H groups in total. The number of hydrogen-bond donors (Lipinski definition) is 1. The molecule has 0 aliphatic carbocycles. The fraction of sp³-hybridized carbons (Fsp3) is 0.957. The summed E-state index contributed by atoms with van der Waals surface area (Å²) in [5.74, 6) is -0.202. The number of unbranched alkanes of at least 4 members (excludes halogenated alkanes) is 10. The van der Waals surface area contributed by atoms with E-state index in [0.717, 1.165) is 12.8 Å². The molecule has 5 heteroatoms. The van der Waals surface area contributed by atoms with Gasteiger partial charge in [-0.2, -0.15) is 5.06 Å². The van der Waals surface area contributed by atoms with Crippen LogP contribution in [0.5, 0.6) is 0 Å². The number of esters is 1. The van der Waals surface area contributed by atoms with Crippen molar-refractivity contribution in [2.24, 2.45) is 0 Å². The molecule has 1 aliphatic rings. The number of ether oxygens (including phenoxy) is 2. The van der Waals surface area contributed by atoms with Gasteiger partial charge in [0.1, 0.15) is 5.72 Å². The van der Waals surface area contributed by atoms with Crippen LogP contribution >= 0.6 is 0 Å². The Morgan fingerprint density at radius 2 is 1.43 bits per heavy atom. The number of rotatable bonds is 16. The summed E-state index contributed by atoms with van der Waals surface area (Å²) < 4.78 is 10.8. The van der Waals surface area contributed by atoms with E-state index in [-0.39, 0.29) is 11.5 Å². The lowest BCUT2D eigenvalue weighted by molar-refractivity contribution is -0.256. The van der Waals surface area contributed by atoms with Crippen molar-refractivity contribution in [3.05, 3.63) is 0 Å². The average molecular weight is 400 g/mol. The first-order valence-corrected chi connectivity index (χ1v) is 11.6. The maximum Gasteiger partial charge on any atom is 0.305 e. The lowest BCUT2D eigenvalue weighted by Gasteiger charge is -2.37. The van der Waals surface area contributed by atoms with E-state index < -0.39 is 5.72 Å². The highest BCUT2D eigenvalue weighted by atomic mass is 16.6. The minimum absolute atomic E-state index is 0.202. The number of carbonyl (C=O) groups excluding carboxylic acids is 1. The standard InChI is InChI=1S/C23H45NO4/c1-5-6-7-8-9-10-11-12-13-14-15-18-23(19-16-17-21(25)27-4)24(26)22(2,3)20-28-23/h26H,5-20H2,1-4H3/t23-/m0/s1. The van der Waals surface area contributed by atoms with E-state index in [0.29, 0.717) is 25.9 Å². The Labute approximate surface area is 173 Å². The molecule has 1 fully saturated rings. The second-order valence-electron chi connectivity index (χ2n) is 9.07. The number of hydroxylamine groups is 2. The van der Waals surface area contributed by atoms with Gasteiger partial charge in [-0.1, -0.05) is 71.1 Å². The van der Waals surface area contributed by atoms with Crippen LogP contribution in [0.2, 0.25) is 0 Å². The van der Waals surface area contributed by atoms with Gasteiger partial charge < -0.3 is 14.7 Å². The topological polar surface area (TPSA) is 59.0 Å². The summed E-state index contributed by atoms with van der Waals surface area (Å²) in [7, 11) is 1.41. The molecule has 1 aliphatic heterocycles. The highest BCUT2D eigenvalue weighted by Crippen LogP contribution is 2.40. The molecule has 0 amide bonds. The summed E-state index contributed by atoms with van der Waals surface area (Å²) in [6.07, 6.45) is 16.8. The first-order chi connectivity index (χ1) is 13.4. The van der Waals surface area contributed by atoms with Gasteiger partial charge in [0.2, 0.25) is 0 Å². The molecule has 5 nitrogen and oxygen atoms in total. The van der Waals surface area contributed by atoms with Crippen LogP contribution in [-0.2, 0) is 14.3 Å². The summed E-state index contributed by atoms with van der Waals surface area (Å²) in [5.41, 5.74) is -1.04. The van der Waals surface area contributed by atoms with Crippen molar-refractivity contribution < 1.29 is 19.5 Å². The second-order valence-corrected chi connectivity index (χ2v) is 9.07. The van der Waals surface area contributed by atoms with Crippen LogP contribution in [0.25, 0.3) is 0 Å². The molecule has 0 spiro atoms. The molecular formula is C23H45NO4. The van der Waals surface area contributed by atoms with Crippen LogP contribution in [0.15, 0.2) is 0 Å². The molecule has 1 saturated heterocycles. The van der Waals surface area contributed by atoms with E-state index in [1.807, 2.05) is 13.8 Å². The molecule has 0 saturated carbocycles. The Balaban J connectivity index is 2.26. The summed E-state index contributed by atoms with van der Waals surface area (Å²) in [6, 6.07) is 0. The number of carbonyl (C=O) groups is 1. The van der Waals surface area contributed by atoms with Crippen molar-refractivity contribution >= 4 is 5.97 Å². The Morgan fingerprint density at radius 1 is 0.929 bits per heavy atom. The molecule has 0 aromatic rings. The smallest absolute Gasteiger partial charge is 0.305 e. The van der Waals surface area contributed by atoms with Crippen LogP contribution < -0.4 is 0 Å². The third-order valence-corrected chi connectivity index (χ3v) is 6.00. The minimum Gasteiger partial charge on any atom is -0.469 e. The highest BCUT2D eigenvalue weighted by Gasteiger charge is 2.50. The van der Waals surface area contributed by atoms with Gasteiger partial charge >= 0.3 is 5.97 Å². The zero-order chi connectivity index (χ0) is 20.9. The molecule has 0 unspecified atom stereocenters. The Kier molecular flexibility index (Phi) is 12.3. The fourth-order valence-corrected chi connectivity index (χ4v) is 4.14. The van der Waals surface area contributed by atoms with Gasteiger partial charge in [0.05, 0.1) is 19.3 Å². The Bertz CT molecular complexity index is 427. The SMILES string of the molecule is CCCCCCCCCCCCC[C@@]1(CCCC(=O)OC)OCC(C)(C)N1O. The van der Waals surface area contributed by atoms with Crippen LogP contribution in [0, 0.1) is 0 Å². The molecule has 166 valence electrons. The van der Waals surface area contributed by atoms with E-state index in [4.69, 9.17) is 9.47 Å². The zero-order valence-electron chi connectivity index (χ0n) is 18.9. The van der Waals surface area contributed by atoms with E-state index in [2.05, 4.69) is 6.92 Å². The third-order valence-electron chi connectivity index (χ3n) is 6.00. The van der Waals surface area contributed by atoms with Gasteiger partial charge in [0.25, 0.3) is 0 Å². The fourth-order valence-electron chi connectivity index (χ4n) is 4.14. The van der Waals surface area contributed by atoms with E-state index in [1.54, 1.807) is 0 Å². The highest BCUT2D eigenvalue weighted by molar-refractivity contribution is 5.69. The van der Waals surface area contributed by atoms with Crippen LogP contribution in [-0.4, -0.2) is 41.2 Å². The van der Waals surface area contributed by atoms with Crippen molar-refractivity contribution in [2.45, 2.75) is 128 Å². The minimum atomic E-state index is -0.656. The summed E-state index contributed by atoms with van der Waals surface area (Å²) in [6.45, 7) is 6.77. The Hall–Kier alpha value is -0.650. The Morgan fingerprint density at radius 3 is 1.89 bits per heavy atom. The molecule has 28 heavy (non-hydrogen) atoms. The summed E-state index contributed by atoms with van der Waals surface area (Å²) in [5, 5.41) is 12.2. The summed E-state index contributed by atoms with van der Waals surface area (Å²) >= 11 is 0. The number of methoxy groups -OCH3 is 1. The van der Waals surface area contributed by atoms with E-state index in [9.17, 15) is 10.0 Å². The first kappa shape index (κ1) is 25.4. The van der Waals surface area contributed by atoms with Gasteiger partial charge in [-0.3, -0.25) is 4.79 Å². The van der Waals surface area contributed by atoms with Crippen LogP contribution in [0.3, 0.4) is 0 Å². The third kappa shape index (κ3) is 8.79. The van der Waals surface area contributed by atoms with Crippen molar-refractivity contribution in [2.75, 3.05) is 13.7 Å². The molecule has 1 atom stereocenters. The predicted octanol–water partition coefficient (Wildman–Crippen LogP) is 6.23. The van der Waals surface area contributed by atoms with E-state index in [1.165, 1.54) is 76.4 Å². The normalized spacial score (nSPS) is 21.9. The van der Waals surface area contributed by atoms with Gasteiger partial charge in [0.15, 0.2) is 0 Å². The summed E-state index contributed by atoms with van der Waals surface area (Å²) in [4.78, 5) is 11.4. The lowest BCUT2D eigenvalue weighted by Crippen LogP contribution is -2.50. The lowest BCUT2D eigenvalue weighted by atomic mass is 9.95. The van der Waals surface area contributed by atoms with Gasteiger partial charge in [-0.15, -0.1) is 0 Å². The molecule has 0 aromatic carbocycles. The predicted molar refractivity (Wildman–Crippen MR) is 113 cm³/mol. The van der Waals surface area contributed by atoms with Gasteiger partial charge in [-0.05, 0) is 39.5 Å². The van der Waals surface area contributed by atoms with Gasteiger partial charge in [0, 0.05) is 6.42 Å². The molecule has 0 radical (unpaired) electrons. The average Bonchev–Trinajstić information content (AvgIpc) is 2.90. The molecule has 0 bridgehead atoms. The largest absolute Gasteiger partial charge is 0.469 e. The zero-order valence-corrected chi connectivity index (χ0v) is 18.9. The quantitative estimate of drug-likeness (QED) is 0.246. The van der Waals surface area contributed by atoms with Crippen LogP contribution in [0.1, 0.15) is 117 Å². The molecule has 1 rings (SSSR count). The van der Waals surface area contributed by atoms with Crippen molar-refractivity contribution in [3.63, 3.8) is 0 Å². The number of nitrogens with zero attached hydrogens (tertiary/aromatic N) is 1. The number of hydrogen-bond acceptors (Lipinski definition) is 5. The van der Waals surface area contributed by atoms with Crippen molar-refractivity contribution in [1.82, 2.24) is 5.06 Å². The first-order valence-electron chi connectivity index (χ1n) is 11.6.